The number of hydrogen-bond acceptors (Lipinski definition) is 5. The molecule has 3 rings (SSSR count). The van der Waals surface area contributed by atoms with E-state index in [1.165, 1.54) is 11.3 Å². The average molecular weight is 388 g/mol. The van der Waals surface area contributed by atoms with Crippen LogP contribution in [0.3, 0.4) is 0 Å². The summed E-state index contributed by atoms with van der Waals surface area (Å²) in [4.78, 5) is 38.8. The van der Waals surface area contributed by atoms with Crippen molar-refractivity contribution < 1.29 is 23.9 Å². The molecule has 0 spiro atoms. The molecule has 0 radical (unpaired) electrons. The van der Waals surface area contributed by atoms with E-state index < -0.39 is 12.1 Å². The van der Waals surface area contributed by atoms with Gasteiger partial charge in [0.2, 0.25) is 0 Å². The summed E-state index contributed by atoms with van der Waals surface area (Å²) < 4.78 is 10.9. The lowest BCUT2D eigenvalue weighted by Crippen LogP contribution is -2.48. The minimum atomic E-state index is -0.874. The van der Waals surface area contributed by atoms with E-state index in [2.05, 4.69) is 5.32 Å². The van der Waals surface area contributed by atoms with E-state index in [1.54, 1.807) is 24.3 Å². The minimum Gasteiger partial charge on any atom is -0.482 e. The number of fused-ring (bicyclic) bond motifs is 1. The third-order valence-electron chi connectivity index (χ3n) is 5.17. The molecule has 7 nitrogen and oxygen atoms in total. The van der Waals surface area contributed by atoms with Gasteiger partial charge in [-0.1, -0.05) is 45.2 Å². The highest BCUT2D eigenvalue weighted by Crippen LogP contribution is 2.31. The smallest absolute Gasteiger partial charge is 0.326 e. The molecule has 1 heterocycles. The van der Waals surface area contributed by atoms with Gasteiger partial charge in [-0.15, -0.1) is 0 Å². The van der Waals surface area contributed by atoms with Crippen molar-refractivity contribution in [1.82, 2.24) is 5.32 Å². The predicted molar refractivity (Wildman–Crippen MR) is 104 cm³/mol. The molecule has 2 aliphatic rings. The van der Waals surface area contributed by atoms with Crippen LogP contribution in [0, 0.1) is 5.92 Å². The van der Waals surface area contributed by atoms with Crippen molar-refractivity contribution in [1.29, 1.82) is 0 Å². The Balaban J connectivity index is 1.63. The summed E-state index contributed by atoms with van der Waals surface area (Å²) in [6.45, 7) is 3.31. The number of carbonyl (C=O) groups excluding carboxylic acids is 3. The Morgan fingerprint density at radius 3 is 2.64 bits per heavy atom. The molecule has 1 aliphatic heterocycles. The normalized spacial score (nSPS) is 18.2. The van der Waals surface area contributed by atoms with Crippen LogP contribution in [-0.2, 0) is 19.1 Å². The quantitative estimate of drug-likeness (QED) is 0.757. The fourth-order valence-electron chi connectivity index (χ4n) is 3.66. The van der Waals surface area contributed by atoms with Crippen LogP contribution in [0.4, 0.5) is 5.69 Å². The van der Waals surface area contributed by atoms with Crippen LogP contribution < -0.4 is 15.0 Å². The number of nitrogens with one attached hydrogen (secondary N) is 1. The van der Waals surface area contributed by atoms with E-state index in [0.29, 0.717) is 11.4 Å². The summed E-state index contributed by atoms with van der Waals surface area (Å²) in [5.74, 6) is -0.805. The zero-order valence-corrected chi connectivity index (χ0v) is 16.5. The lowest BCUT2D eigenvalue weighted by atomic mass is 9.95. The molecule has 1 atom stereocenters. The molecule has 1 saturated carbocycles. The van der Waals surface area contributed by atoms with Gasteiger partial charge in [-0.3, -0.25) is 19.3 Å². The molecule has 1 unspecified atom stereocenters. The molecule has 1 N–H and O–H groups in total. The third-order valence-corrected chi connectivity index (χ3v) is 5.17. The Kier molecular flexibility index (Phi) is 6.54. The van der Waals surface area contributed by atoms with Crippen molar-refractivity contribution in [3.63, 3.8) is 0 Å². The summed E-state index contributed by atoms with van der Waals surface area (Å²) in [5.41, 5.74) is 0.531. The van der Waals surface area contributed by atoms with Gasteiger partial charge < -0.3 is 14.8 Å². The number of esters is 1. The van der Waals surface area contributed by atoms with E-state index in [9.17, 15) is 14.4 Å². The van der Waals surface area contributed by atoms with Crippen molar-refractivity contribution in [2.24, 2.45) is 5.92 Å². The van der Waals surface area contributed by atoms with Crippen molar-refractivity contribution in [2.75, 3.05) is 18.1 Å². The zero-order chi connectivity index (χ0) is 20.1. The second-order valence-corrected chi connectivity index (χ2v) is 7.73. The Labute approximate surface area is 165 Å². The van der Waals surface area contributed by atoms with Gasteiger partial charge >= 0.3 is 5.97 Å². The van der Waals surface area contributed by atoms with Crippen LogP contribution in [0.2, 0.25) is 0 Å². The minimum absolute atomic E-state index is 0.125. The molecule has 152 valence electrons. The van der Waals surface area contributed by atoms with Crippen molar-refractivity contribution >= 4 is 23.5 Å². The van der Waals surface area contributed by atoms with Crippen LogP contribution >= 0.6 is 0 Å². The number of anilines is 1. The number of para-hydroxylation sites is 2. The Hall–Kier alpha value is -2.57. The Bertz CT molecular complexity index is 727. The van der Waals surface area contributed by atoms with Gasteiger partial charge in [0.25, 0.3) is 11.8 Å². The first-order chi connectivity index (χ1) is 13.5. The maximum Gasteiger partial charge on any atom is 0.326 e. The number of nitrogens with zero attached hydrogens (tertiary/aromatic N) is 1. The van der Waals surface area contributed by atoms with Gasteiger partial charge in [-0.2, -0.15) is 0 Å². The average Bonchev–Trinajstić information content (AvgIpc) is 2.69. The van der Waals surface area contributed by atoms with Gasteiger partial charge in [0.05, 0.1) is 5.69 Å². The first-order valence-electron chi connectivity index (χ1n) is 9.97. The highest BCUT2D eigenvalue weighted by Gasteiger charge is 2.32. The molecular formula is C21H28N2O5. The highest BCUT2D eigenvalue weighted by molar-refractivity contribution is 6.01. The second kappa shape index (κ2) is 9.08. The van der Waals surface area contributed by atoms with Crippen LogP contribution in [0.1, 0.15) is 46.0 Å². The lowest BCUT2D eigenvalue weighted by Gasteiger charge is -2.30. The standard InChI is InChI=1S/C21H28N2O5/c1-14(2)20(21(26)22-15-8-4-3-5-9-15)28-19(25)12-23-16-10-6-7-11-17(16)27-13-18(23)24/h6-7,10-11,14-15,20H,3-5,8-9,12-13H2,1-2H3,(H,22,26). The summed E-state index contributed by atoms with van der Waals surface area (Å²) in [6, 6.07) is 7.18. The molecule has 1 aromatic rings. The summed E-state index contributed by atoms with van der Waals surface area (Å²) in [6.07, 6.45) is 4.46. The zero-order valence-electron chi connectivity index (χ0n) is 16.5. The molecule has 0 bridgehead atoms. The number of benzene rings is 1. The number of amides is 2. The van der Waals surface area contributed by atoms with Gasteiger partial charge in [-0.25, -0.2) is 0 Å². The molecule has 1 aromatic carbocycles. The van der Waals surface area contributed by atoms with E-state index in [-0.39, 0.29) is 36.9 Å². The lowest BCUT2D eigenvalue weighted by molar-refractivity contribution is -0.158. The van der Waals surface area contributed by atoms with Crippen LogP contribution in [0.15, 0.2) is 24.3 Å². The first-order valence-corrected chi connectivity index (χ1v) is 9.97. The Morgan fingerprint density at radius 2 is 1.93 bits per heavy atom. The Morgan fingerprint density at radius 1 is 1.21 bits per heavy atom. The van der Waals surface area contributed by atoms with Gasteiger partial charge in [-0.05, 0) is 30.9 Å². The predicted octanol–water partition coefficient (Wildman–Crippen LogP) is 2.43. The van der Waals surface area contributed by atoms with Crippen LogP contribution in [-0.4, -0.2) is 43.1 Å². The fraction of sp³-hybridized carbons (Fsp3) is 0.571. The van der Waals surface area contributed by atoms with Crippen molar-refractivity contribution in [2.45, 2.75) is 58.1 Å². The second-order valence-electron chi connectivity index (χ2n) is 7.73. The summed E-state index contributed by atoms with van der Waals surface area (Å²) in [7, 11) is 0. The van der Waals surface area contributed by atoms with E-state index in [0.717, 1.165) is 25.7 Å². The monoisotopic (exact) mass is 388 g/mol. The number of hydrogen-bond donors (Lipinski definition) is 1. The van der Waals surface area contributed by atoms with Crippen molar-refractivity contribution in [3.05, 3.63) is 24.3 Å². The summed E-state index contributed by atoms with van der Waals surface area (Å²) in [5, 5.41) is 3.02. The number of rotatable bonds is 6. The summed E-state index contributed by atoms with van der Waals surface area (Å²) >= 11 is 0. The molecular weight excluding hydrogens is 360 g/mol. The fourth-order valence-corrected chi connectivity index (χ4v) is 3.66. The van der Waals surface area contributed by atoms with Crippen molar-refractivity contribution in [3.8, 4) is 5.75 Å². The maximum absolute atomic E-state index is 12.7. The van der Waals surface area contributed by atoms with Crippen LogP contribution in [0.5, 0.6) is 5.75 Å². The topological polar surface area (TPSA) is 84.9 Å². The third kappa shape index (κ3) is 4.82. The molecule has 1 fully saturated rings. The van der Waals surface area contributed by atoms with E-state index in [4.69, 9.17) is 9.47 Å². The van der Waals surface area contributed by atoms with Gasteiger partial charge in [0.1, 0.15) is 12.3 Å². The molecule has 0 aromatic heterocycles. The first kappa shape index (κ1) is 20.2. The van der Waals surface area contributed by atoms with E-state index in [1.807, 2.05) is 13.8 Å². The maximum atomic E-state index is 12.7. The van der Waals surface area contributed by atoms with Gasteiger partial charge in [0.15, 0.2) is 12.7 Å². The largest absolute Gasteiger partial charge is 0.482 e. The SMILES string of the molecule is CC(C)C(OC(=O)CN1C(=O)COc2ccccc21)C(=O)NC1CCCCC1. The number of carbonyl (C=O) groups is 3. The molecule has 2 amide bonds. The molecule has 0 saturated heterocycles. The van der Waals surface area contributed by atoms with Gasteiger partial charge in [0, 0.05) is 6.04 Å². The molecule has 1 aliphatic carbocycles. The van der Waals surface area contributed by atoms with E-state index >= 15 is 0 Å². The molecule has 28 heavy (non-hydrogen) atoms. The highest BCUT2D eigenvalue weighted by atomic mass is 16.5. The van der Waals surface area contributed by atoms with Crippen LogP contribution in [0.25, 0.3) is 0 Å². The molecule has 7 heteroatoms. The number of ether oxygens (including phenoxy) is 2.